The zero-order chi connectivity index (χ0) is 11.4. The molecule has 0 unspecified atom stereocenters. The highest BCUT2D eigenvalue weighted by Crippen LogP contribution is 2.22. The van der Waals surface area contributed by atoms with Crippen LogP contribution < -0.4 is 15.8 Å². The van der Waals surface area contributed by atoms with Gasteiger partial charge in [-0.3, -0.25) is 4.90 Å². The summed E-state index contributed by atoms with van der Waals surface area (Å²) in [6, 6.07) is 6.02. The molecular formula is C12H19N3O. The van der Waals surface area contributed by atoms with Gasteiger partial charge in [0.2, 0.25) is 0 Å². The van der Waals surface area contributed by atoms with E-state index < -0.39 is 0 Å². The van der Waals surface area contributed by atoms with Crippen molar-refractivity contribution in [2.75, 3.05) is 39.0 Å². The highest BCUT2D eigenvalue weighted by atomic mass is 16.5. The van der Waals surface area contributed by atoms with Gasteiger partial charge in [0.05, 0.1) is 12.8 Å². The highest BCUT2D eigenvalue weighted by Gasteiger charge is 2.10. The SMILES string of the molecule is COc1ccc(CN2CCNCC2)cc1N. The monoisotopic (exact) mass is 221 g/mol. The molecule has 0 aromatic heterocycles. The van der Waals surface area contributed by atoms with Gasteiger partial charge in [-0.1, -0.05) is 6.07 Å². The van der Waals surface area contributed by atoms with Crippen LogP contribution >= 0.6 is 0 Å². The van der Waals surface area contributed by atoms with Crippen molar-refractivity contribution < 1.29 is 4.74 Å². The molecule has 1 saturated heterocycles. The molecule has 0 saturated carbocycles. The van der Waals surface area contributed by atoms with Gasteiger partial charge in [-0.15, -0.1) is 0 Å². The Kier molecular flexibility index (Phi) is 3.64. The van der Waals surface area contributed by atoms with E-state index in [0.29, 0.717) is 0 Å². The maximum absolute atomic E-state index is 5.88. The zero-order valence-corrected chi connectivity index (χ0v) is 9.70. The molecule has 0 radical (unpaired) electrons. The van der Waals surface area contributed by atoms with Crippen LogP contribution in [-0.2, 0) is 6.54 Å². The number of methoxy groups -OCH3 is 1. The predicted molar refractivity (Wildman–Crippen MR) is 65.6 cm³/mol. The number of nitrogens with two attached hydrogens (primary N) is 1. The number of hydrogen-bond donors (Lipinski definition) is 2. The molecule has 1 heterocycles. The van der Waals surface area contributed by atoms with Gasteiger partial charge in [0, 0.05) is 32.7 Å². The Morgan fingerprint density at radius 2 is 2.12 bits per heavy atom. The van der Waals surface area contributed by atoms with Gasteiger partial charge in [0.1, 0.15) is 5.75 Å². The lowest BCUT2D eigenvalue weighted by molar-refractivity contribution is 0.233. The van der Waals surface area contributed by atoms with Crippen molar-refractivity contribution in [1.29, 1.82) is 0 Å². The maximum atomic E-state index is 5.88. The van der Waals surface area contributed by atoms with Crippen molar-refractivity contribution in [3.63, 3.8) is 0 Å². The third-order valence-electron chi connectivity index (χ3n) is 2.91. The molecule has 4 nitrogen and oxygen atoms in total. The van der Waals surface area contributed by atoms with E-state index in [1.807, 2.05) is 12.1 Å². The van der Waals surface area contributed by atoms with Crippen LogP contribution in [0.25, 0.3) is 0 Å². The van der Waals surface area contributed by atoms with Crippen LogP contribution in [0.15, 0.2) is 18.2 Å². The maximum Gasteiger partial charge on any atom is 0.141 e. The number of anilines is 1. The Labute approximate surface area is 96.4 Å². The molecule has 2 rings (SSSR count). The highest BCUT2D eigenvalue weighted by molar-refractivity contribution is 5.54. The molecule has 4 heteroatoms. The molecular weight excluding hydrogens is 202 g/mol. The summed E-state index contributed by atoms with van der Waals surface area (Å²) in [6.45, 7) is 5.32. The lowest BCUT2D eigenvalue weighted by Crippen LogP contribution is -2.42. The second kappa shape index (κ2) is 5.18. The van der Waals surface area contributed by atoms with Crippen LogP contribution in [0.2, 0.25) is 0 Å². The first-order chi connectivity index (χ1) is 7.79. The van der Waals surface area contributed by atoms with Crippen molar-refractivity contribution in [3.8, 4) is 5.75 Å². The number of rotatable bonds is 3. The minimum absolute atomic E-state index is 0.718. The van der Waals surface area contributed by atoms with Crippen LogP contribution in [0.4, 0.5) is 5.69 Å². The van der Waals surface area contributed by atoms with E-state index in [1.54, 1.807) is 7.11 Å². The van der Waals surface area contributed by atoms with E-state index in [2.05, 4.69) is 16.3 Å². The topological polar surface area (TPSA) is 50.5 Å². The standard InChI is InChI=1S/C12H19N3O/c1-16-12-3-2-10(8-11(12)13)9-15-6-4-14-5-7-15/h2-3,8,14H,4-7,9,13H2,1H3. The third-order valence-corrected chi connectivity index (χ3v) is 2.91. The average molecular weight is 221 g/mol. The van der Waals surface area contributed by atoms with Gasteiger partial charge in [-0.25, -0.2) is 0 Å². The summed E-state index contributed by atoms with van der Waals surface area (Å²) >= 11 is 0. The summed E-state index contributed by atoms with van der Waals surface area (Å²) < 4.78 is 5.14. The second-order valence-electron chi connectivity index (χ2n) is 4.10. The Morgan fingerprint density at radius 3 is 2.75 bits per heavy atom. The van der Waals surface area contributed by atoms with Gasteiger partial charge in [-0.2, -0.15) is 0 Å². The lowest BCUT2D eigenvalue weighted by atomic mass is 10.1. The molecule has 1 fully saturated rings. The minimum atomic E-state index is 0.718. The molecule has 1 aliphatic heterocycles. The van der Waals surface area contributed by atoms with E-state index in [9.17, 15) is 0 Å². The number of hydrogen-bond acceptors (Lipinski definition) is 4. The fraction of sp³-hybridized carbons (Fsp3) is 0.500. The molecule has 88 valence electrons. The molecule has 1 aliphatic rings. The lowest BCUT2D eigenvalue weighted by Gasteiger charge is -2.27. The first-order valence-electron chi connectivity index (χ1n) is 5.65. The Bertz CT molecular complexity index is 348. The molecule has 0 bridgehead atoms. The molecule has 0 aliphatic carbocycles. The van der Waals surface area contributed by atoms with Crippen LogP contribution in [0.5, 0.6) is 5.75 Å². The molecule has 1 aromatic carbocycles. The fourth-order valence-corrected chi connectivity index (χ4v) is 2.01. The van der Waals surface area contributed by atoms with Gasteiger partial charge >= 0.3 is 0 Å². The van der Waals surface area contributed by atoms with E-state index in [-0.39, 0.29) is 0 Å². The van der Waals surface area contributed by atoms with E-state index >= 15 is 0 Å². The van der Waals surface area contributed by atoms with Crippen molar-refractivity contribution in [2.24, 2.45) is 0 Å². The first-order valence-corrected chi connectivity index (χ1v) is 5.65. The summed E-state index contributed by atoms with van der Waals surface area (Å²) in [7, 11) is 1.64. The van der Waals surface area contributed by atoms with Gasteiger partial charge < -0.3 is 15.8 Å². The average Bonchev–Trinajstić information content (AvgIpc) is 2.31. The van der Waals surface area contributed by atoms with E-state index in [1.165, 1.54) is 5.56 Å². The summed E-state index contributed by atoms with van der Waals surface area (Å²) in [5, 5.41) is 3.34. The number of nitrogens with zero attached hydrogens (tertiary/aromatic N) is 1. The summed E-state index contributed by atoms with van der Waals surface area (Å²) in [5.74, 6) is 0.754. The molecule has 0 amide bonds. The number of benzene rings is 1. The van der Waals surface area contributed by atoms with E-state index in [0.717, 1.165) is 44.2 Å². The smallest absolute Gasteiger partial charge is 0.141 e. The summed E-state index contributed by atoms with van der Waals surface area (Å²) in [6.07, 6.45) is 0. The van der Waals surface area contributed by atoms with Crippen LogP contribution in [-0.4, -0.2) is 38.2 Å². The van der Waals surface area contributed by atoms with Crippen molar-refractivity contribution in [1.82, 2.24) is 10.2 Å². The number of nitrogen functional groups attached to an aromatic ring is 1. The van der Waals surface area contributed by atoms with Crippen molar-refractivity contribution >= 4 is 5.69 Å². The number of ether oxygens (including phenoxy) is 1. The third kappa shape index (κ3) is 2.65. The van der Waals surface area contributed by atoms with Gasteiger partial charge in [-0.05, 0) is 17.7 Å². The summed E-state index contributed by atoms with van der Waals surface area (Å²) in [4.78, 5) is 2.43. The molecule has 16 heavy (non-hydrogen) atoms. The van der Waals surface area contributed by atoms with Gasteiger partial charge in [0.15, 0.2) is 0 Å². The van der Waals surface area contributed by atoms with Crippen molar-refractivity contribution in [2.45, 2.75) is 6.54 Å². The van der Waals surface area contributed by atoms with Crippen molar-refractivity contribution in [3.05, 3.63) is 23.8 Å². The normalized spacial score (nSPS) is 17.3. The first kappa shape index (κ1) is 11.2. The predicted octanol–water partition coefficient (Wildman–Crippen LogP) is 0.683. The zero-order valence-electron chi connectivity index (χ0n) is 9.70. The minimum Gasteiger partial charge on any atom is -0.495 e. The second-order valence-corrected chi connectivity index (χ2v) is 4.10. The quantitative estimate of drug-likeness (QED) is 0.737. The summed E-state index contributed by atoms with van der Waals surface area (Å²) in [5.41, 5.74) is 7.85. The molecule has 0 spiro atoms. The fourth-order valence-electron chi connectivity index (χ4n) is 2.01. The molecule has 1 aromatic rings. The Hall–Kier alpha value is -1.26. The number of piperazine rings is 1. The van der Waals surface area contributed by atoms with Crippen LogP contribution in [0.3, 0.4) is 0 Å². The largest absolute Gasteiger partial charge is 0.495 e. The van der Waals surface area contributed by atoms with Crippen LogP contribution in [0, 0.1) is 0 Å². The Morgan fingerprint density at radius 1 is 1.38 bits per heavy atom. The van der Waals surface area contributed by atoms with Gasteiger partial charge in [0.25, 0.3) is 0 Å². The van der Waals surface area contributed by atoms with E-state index in [4.69, 9.17) is 10.5 Å². The molecule has 3 N–H and O–H groups in total. The van der Waals surface area contributed by atoms with Crippen LogP contribution in [0.1, 0.15) is 5.56 Å². The molecule has 0 atom stereocenters. The number of nitrogens with one attached hydrogen (secondary N) is 1. The Balaban J connectivity index is 2.01.